The molecule has 0 fully saturated rings. The van der Waals surface area contributed by atoms with E-state index in [1.165, 1.54) is 18.2 Å². The second kappa shape index (κ2) is 8.71. The van der Waals surface area contributed by atoms with Crippen molar-refractivity contribution in [3.8, 4) is 23.8 Å². The van der Waals surface area contributed by atoms with Crippen molar-refractivity contribution in [3.05, 3.63) is 51.7 Å². The van der Waals surface area contributed by atoms with Gasteiger partial charge in [0, 0.05) is 0 Å². The largest absolute Gasteiger partial charge is 0.544 e. The summed E-state index contributed by atoms with van der Waals surface area (Å²) in [7, 11) is 0. The van der Waals surface area contributed by atoms with E-state index in [-0.39, 0.29) is 17.3 Å². The number of carboxylic acids is 1. The first-order chi connectivity index (χ1) is 12.0. The molecule has 2 aromatic rings. The summed E-state index contributed by atoms with van der Waals surface area (Å²) in [5.41, 5.74) is 0.738. The van der Waals surface area contributed by atoms with Crippen LogP contribution in [0.3, 0.4) is 0 Å². The molecule has 0 atom stereocenters. The molecule has 0 N–H and O–H groups in total. The van der Waals surface area contributed by atoms with Crippen molar-refractivity contribution in [2.75, 3.05) is 13.2 Å². The summed E-state index contributed by atoms with van der Waals surface area (Å²) in [4.78, 5) is 23.2. The van der Waals surface area contributed by atoms with E-state index in [2.05, 4.69) is 5.92 Å². The van der Waals surface area contributed by atoms with Crippen LogP contribution < -0.4 is 14.6 Å². The molecular formula is C19H15O5S-. The third-order valence-corrected chi connectivity index (χ3v) is 4.14. The van der Waals surface area contributed by atoms with Crippen LogP contribution in [0.15, 0.2) is 36.4 Å². The van der Waals surface area contributed by atoms with Crippen molar-refractivity contribution in [2.45, 2.75) is 6.92 Å². The van der Waals surface area contributed by atoms with Gasteiger partial charge in [0.15, 0.2) is 17.3 Å². The van der Waals surface area contributed by atoms with Gasteiger partial charge in [-0.3, -0.25) is 4.79 Å². The molecular weight excluding hydrogens is 340 g/mol. The number of ether oxygens (including phenoxy) is 2. The van der Waals surface area contributed by atoms with Crippen molar-refractivity contribution in [1.82, 2.24) is 0 Å². The number of terminal acetylenes is 1. The molecule has 25 heavy (non-hydrogen) atoms. The van der Waals surface area contributed by atoms with Crippen LogP contribution in [0.25, 0.3) is 6.08 Å². The average molecular weight is 355 g/mol. The number of thiophene rings is 1. The quantitative estimate of drug-likeness (QED) is 0.413. The number of carboxylic acid groups (broad SMARTS) is 1. The summed E-state index contributed by atoms with van der Waals surface area (Å²) in [5.74, 6) is 1.86. The Hall–Kier alpha value is -3.04. The van der Waals surface area contributed by atoms with Gasteiger partial charge in [-0.1, -0.05) is 18.1 Å². The number of hydrogen-bond acceptors (Lipinski definition) is 6. The Morgan fingerprint density at radius 3 is 2.60 bits per heavy atom. The molecule has 0 aliphatic rings. The number of benzene rings is 1. The molecule has 0 spiro atoms. The number of carbonyl (C=O) groups excluding carboxylic acids is 2. The molecule has 0 radical (unpaired) electrons. The smallest absolute Gasteiger partial charge is 0.195 e. The van der Waals surface area contributed by atoms with Crippen LogP contribution >= 0.6 is 11.3 Å². The topological polar surface area (TPSA) is 75.7 Å². The predicted molar refractivity (Wildman–Crippen MR) is 94.0 cm³/mol. The van der Waals surface area contributed by atoms with Crippen molar-refractivity contribution in [1.29, 1.82) is 0 Å². The van der Waals surface area contributed by atoms with Gasteiger partial charge in [-0.15, -0.1) is 17.8 Å². The average Bonchev–Trinajstić information content (AvgIpc) is 3.09. The van der Waals surface area contributed by atoms with Crippen LogP contribution in [0.2, 0.25) is 0 Å². The lowest BCUT2D eigenvalue weighted by atomic mass is 10.1. The number of hydrogen-bond donors (Lipinski definition) is 0. The zero-order valence-corrected chi connectivity index (χ0v) is 14.3. The second-order valence-corrected chi connectivity index (χ2v) is 5.86. The van der Waals surface area contributed by atoms with E-state index in [1.54, 1.807) is 24.3 Å². The Balaban J connectivity index is 2.16. The molecule has 1 aromatic heterocycles. The molecule has 1 heterocycles. The third kappa shape index (κ3) is 4.96. The van der Waals surface area contributed by atoms with Gasteiger partial charge in [-0.05, 0) is 42.8 Å². The summed E-state index contributed by atoms with van der Waals surface area (Å²) in [6, 6.07) is 8.03. The van der Waals surface area contributed by atoms with Crippen LogP contribution in [0, 0.1) is 12.3 Å². The lowest BCUT2D eigenvalue weighted by Crippen LogP contribution is -2.20. The first kappa shape index (κ1) is 18.3. The Kier molecular flexibility index (Phi) is 6.38. The third-order valence-electron chi connectivity index (χ3n) is 3.06. The summed E-state index contributed by atoms with van der Waals surface area (Å²) in [6.45, 7) is 2.44. The molecule has 128 valence electrons. The SMILES string of the molecule is C#CCOc1ccc(/C=C/C(=O)c2ccc(C(=O)[O-])s2)cc1OCC. The van der Waals surface area contributed by atoms with Crippen LogP contribution in [0.1, 0.15) is 31.8 Å². The minimum absolute atomic E-state index is 0.0189. The van der Waals surface area contributed by atoms with Crippen molar-refractivity contribution < 1.29 is 24.2 Å². The Morgan fingerprint density at radius 1 is 1.20 bits per heavy atom. The van der Waals surface area contributed by atoms with E-state index >= 15 is 0 Å². The fraction of sp³-hybridized carbons (Fsp3) is 0.158. The normalized spacial score (nSPS) is 10.4. The number of aromatic carboxylic acids is 1. The zero-order chi connectivity index (χ0) is 18.2. The van der Waals surface area contributed by atoms with E-state index in [1.807, 2.05) is 6.92 Å². The van der Waals surface area contributed by atoms with E-state index in [4.69, 9.17) is 15.9 Å². The zero-order valence-electron chi connectivity index (χ0n) is 13.5. The van der Waals surface area contributed by atoms with Gasteiger partial charge >= 0.3 is 0 Å². The highest BCUT2D eigenvalue weighted by Gasteiger charge is 2.08. The van der Waals surface area contributed by atoms with E-state index < -0.39 is 5.97 Å². The Morgan fingerprint density at radius 2 is 1.96 bits per heavy atom. The minimum atomic E-state index is -1.29. The van der Waals surface area contributed by atoms with Crippen molar-refractivity contribution >= 4 is 29.2 Å². The van der Waals surface area contributed by atoms with Gasteiger partial charge in [-0.2, -0.15) is 0 Å². The first-order valence-corrected chi connectivity index (χ1v) is 8.23. The molecule has 0 bridgehead atoms. The Bertz CT molecular complexity index is 842. The van der Waals surface area contributed by atoms with Crippen LogP contribution in [0.5, 0.6) is 11.5 Å². The van der Waals surface area contributed by atoms with E-state index in [0.29, 0.717) is 23.0 Å². The molecule has 0 unspecified atom stereocenters. The molecule has 0 aliphatic carbocycles. The minimum Gasteiger partial charge on any atom is -0.544 e. The van der Waals surface area contributed by atoms with Gasteiger partial charge in [0.1, 0.15) is 6.61 Å². The maximum absolute atomic E-state index is 12.1. The van der Waals surface area contributed by atoms with Crippen LogP contribution in [-0.4, -0.2) is 25.0 Å². The number of carbonyl (C=O) groups is 2. The number of ketones is 1. The van der Waals surface area contributed by atoms with Gasteiger partial charge in [0.05, 0.1) is 22.3 Å². The van der Waals surface area contributed by atoms with E-state index in [0.717, 1.165) is 16.9 Å². The fourth-order valence-corrected chi connectivity index (χ4v) is 2.73. The number of rotatable bonds is 8. The molecule has 6 heteroatoms. The summed E-state index contributed by atoms with van der Waals surface area (Å²) in [6.07, 6.45) is 8.18. The molecule has 0 saturated carbocycles. The summed E-state index contributed by atoms with van der Waals surface area (Å²) >= 11 is 0.881. The van der Waals surface area contributed by atoms with E-state index in [9.17, 15) is 14.7 Å². The lowest BCUT2D eigenvalue weighted by molar-refractivity contribution is -0.254. The predicted octanol–water partition coefficient (Wildman–Crippen LogP) is 2.42. The van der Waals surface area contributed by atoms with Gasteiger partial charge in [-0.25, -0.2) is 0 Å². The highest BCUT2D eigenvalue weighted by Crippen LogP contribution is 2.29. The molecule has 5 nitrogen and oxygen atoms in total. The second-order valence-electron chi connectivity index (χ2n) is 4.78. The molecule has 1 aromatic carbocycles. The highest BCUT2D eigenvalue weighted by atomic mass is 32.1. The standard InChI is InChI=1S/C19H16O5S/c1-3-11-24-15-8-6-13(12-16(15)23-4-2)5-7-14(20)17-9-10-18(25-17)19(21)22/h1,5-10,12H,4,11H2,2H3,(H,21,22)/p-1/b7-5+. The fourth-order valence-electron chi connectivity index (χ4n) is 1.97. The number of allylic oxidation sites excluding steroid dienone is 1. The maximum Gasteiger partial charge on any atom is 0.195 e. The molecule has 2 rings (SSSR count). The van der Waals surface area contributed by atoms with Gasteiger partial charge in [0.25, 0.3) is 0 Å². The molecule has 0 amide bonds. The van der Waals surface area contributed by atoms with Crippen LogP contribution in [-0.2, 0) is 0 Å². The summed E-state index contributed by atoms with van der Waals surface area (Å²) in [5, 5.41) is 10.8. The van der Waals surface area contributed by atoms with Crippen molar-refractivity contribution in [3.63, 3.8) is 0 Å². The van der Waals surface area contributed by atoms with Gasteiger partial charge < -0.3 is 19.4 Å². The molecule has 0 aliphatic heterocycles. The molecule has 0 saturated heterocycles. The van der Waals surface area contributed by atoms with Crippen LogP contribution in [0.4, 0.5) is 0 Å². The van der Waals surface area contributed by atoms with Crippen molar-refractivity contribution in [2.24, 2.45) is 0 Å². The lowest BCUT2D eigenvalue weighted by Gasteiger charge is -2.10. The maximum atomic E-state index is 12.1. The first-order valence-electron chi connectivity index (χ1n) is 7.41. The highest BCUT2D eigenvalue weighted by molar-refractivity contribution is 7.16. The monoisotopic (exact) mass is 355 g/mol. The Labute approximate surface area is 149 Å². The van der Waals surface area contributed by atoms with Gasteiger partial charge in [0.2, 0.25) is 0 Å². The summed E-state index contributed by atoms with van der Waals surface area (Å²) < 4.78 is 10.9.